The van der Waals surface area contributed by atoms with E-state index in [1.807, 2.05) is 0 Å². The predicted molar refractivity (Wildman–Crippen MR) is 69.2 cm³/mol. The van der Waals surface area contributed by atoms with Crippen LogP contribution < -0.4 is 10.1 Å². The molecule has 0 spiro atoms. The molecule has 1 aromatic carbocycles. The number of rotatable bonds is 5. The van der Waals surface area contributed by atoms with Crippen molar-refractivity contribution in [3.63, 3.8) is 0 Å². The van der Waals surface area contributed by atoms with Gasteiger partial charge >= 0.3 is 0 Å². The largest absolute Gasteiger partial charge is 0.490 e. The summed E-state index contributed by atoms with van der Waals surface area (Å²) in [5.41, 5.74) is 1.39. The quantitative estimate of drug-likeness (QED) is 0.840. The van der Waals surface area contributed by atoms with Crippen LogP contribution in [0.4, 0.5) is 0 Å². The maximum Gasteiger partial charge on any atom is 0.119 e. The molecule has 2 aliphatic rings. The second-order valence-electron chi connectivity index (χ2n) is 5.53. The zero-order valence-electron chi connectivity index (χ0n) is 10.6. The highest BCUT2D eigenvalue weighted by atomic mass is 16.5. The van der Waals surface area contributed by atoms with Gasteiger partial charge in [0.15, 0.2) is 0 Å². The Hall–Kier alpha value is -1.02. The Labute approximate surface area is 103 Å². The Bertz CT molecular complexity index is 382. The van der Waals surface area contributed by atoms with Crippen LogP contribution in [0.3, 0.4) is 0 Å². The van der Waals surface area contributed by atoms with Gasteiger partial charge in [0.1, 0.15) is 5.75 Å². The van der Waals surface area contributed by atoms with Crippen LogP contribution in [0.2, 0.25) is 0 Å². The maximum atomic E-state index is 5.77. The number of ether oxygens (including phenoxy) is 1. The minimum atomic E-state index is 0.490. The molecule has 0 saturated heterocycles. The third-order valence-electron chi connectivity index (χ3n) is 3.98. The Morgan fingerprint density at radius 1 is 1.24 bits per heavy atom. The fraction of sp³-hybridized carbons (Fsp3) is 0.600. The van der Waals surface area contributed by atoms with Crippen molar-refractivity contribution in [2.24, 2.45) is 11.8 Å². The van der Waals surface area contributed by atoms with Gasteiger partial charge in [-0.3, -0.25) is 0 Å². The van der Waals surface area contributed by atoms with Crippen molar-refractivity contribution >= 4 is 0 Å². The molecule has 0 aromatic heterocycles. The SMILES string of the molecule is CNC(c1ccc(OC2CC2)cc1)C1CC1C. The third-order valence-corrected chi connectivity index (χ3v) is 3.98. The molecule has 17 heavy (non-hydrogen) atoms. The van der Waals surface area contributed by atoms with Crippen LogP contribution in [-0.4, -0.2) is 13.2 Å². The Morgan fingerprint density at radius 2 is 1.88 bits per heavy atom. The first-order valence-electron chi connectivity index (χ1n) is 6.72. The molecule has 1 aromatic rings. The lowest BCUT2D eigenvalue weighted by molar-refractivity contribution is 0.303. The zero-order valence-corrected chi connectivity index (χ0v) is 10.6. The van der Waals surface area contributed by atoms with E-state index in [9.17, 15) is 0 Å². The summed E-state index contributed by atoms with van der Waals surface area (Å²) < 4.78 is 5.77. The van der Waals surface area contributed by atoms with E-state index in [0.29, 0.717) is 12.1 Å². The number of hydrogen-bond donors (Lipinski definition) is 1. The van der Waals surface area contributed by atoms with E-state index in [-0.39, 0.29) is 0 Å². The van der Waals surface area contributed by atoms with Crippen LogP contribution >= 0.6 is 0 Å². The second-order valence-corrected chi connectivity index (χ2v) is 5.53. The molecule has 0 radical (unpaired) electrons. The third kappa shape index (κ3) is 2.47. The predicted octanol–water partition coefficient (Wildman–Crippen LogP) is 3.14. The fourth-order valence-electron chi connectivity index (χ4n) is 2.58. The molecular formula is C15H21NO. The lowest BCUT2D eigenvalue weighted by Crippen LogP contribution is -2.18. The normalized spacial score (nSPS) is 28.8. The van der Waals surface area contributed by atoms with Crippen LogP contribution in [0.1, 0.15) is 37.8 Å². The van der Waals surface area contributed by atoms with Crippen molar-refractivity contribution < 1.29 is 4.74 Å². The van der Waals surface area contributed by atoms with E-state index in [1.54, 1.807) is 0 Å². The highest BCUT2D eigenvalue weighted by Crippen LogP contribution is 2.46. The minimum absolute atomic E-state index is 0.490. The maximum absolute atomic E-state index is 5.77. The van der Waals surface area contributed by atoms with Crippen molar-refractivity contribution in [1.29, 1.82) is 0 Å². The Balaban J connectivity index is 1.69. The summed E-state index contributed by atoms with van der Waals surface area (Å²) >= 11 is 0. The first-order valence-corrected chi connectivity index (χ1v) is 6.72. The minimum Gasteiger partial charge on any atom is -0.490 e. The molecule has 2 saturated carbocycles. The molecule has 2 nitrogen and oxygen atoms in total. The lowest BCUT2D eigenvalue weighted by atomic mass is 10.0. The van der Waals surface area contributed by atoms with Gasteiger partial charge in [-0.05, 0) is 55.8 Å². The first kappa shape index (κ1) is 11.1. The highest BCUT2D eigenvalue weighted by Gasteiger charge is 2.39. The van der Waals surface area contributed by atoms with Gasteiger partial charge in [0, 0.05) is 6.04 Å². The molecule has 0 aliphatic heterocycles. The molecule has 2 heteroatoms. The van der Waals surface area contributed by atoms with E-state index in [0.717, 1.165) is 17.6 Å². The zero-order chi connectivity index (χ0) is 11.8. The summed E-state index contributed by atoms with van der Waals surface area (Å²) in [4.78, 5) is 0. The van der Waals surface area contributed by atoms with E-state index < -0.39 is 0 Å². The van der Waals surface area contributed by atoms with Crippen LogP contribution in [-0.2, 0) is 0 Å². The Kier molecular flexibility index (Phi) is 2.83. The topological polar surface area (TPSA) is 21.3 Å². The second kappa shape index (κ2) is 4.34. The van der Waals surface area contributed by atoms with Gasteiger partial charge < -0.3 is 10.1 Å². The summed E-state index contributed by atoms with van der Waals surface area (Å²) in [5, 5.41) is 3.44. The average Bonchev–Trinajstić information content (AvgIpc) is 3.23. The smallest absolute Gasteiger partial charge is 0.119 e. The van der Waals surface area contributed by atoms with Crippen LogP contribution in [0.25, 0.3) is 0 Å². The van der Waals surface area contributed by atoms with Gasteiger partial charge in [-0.15, -0.1) is 0 Å². The lowest BCUT2D eigenvalue weighted by Gasteiger charge is -2.17. The monoisotopic (exact) mass is 231 g/mol. The van der Waals surface area contributed by atoms with Crippen molar-refractivity contribution in [3.05, 3.63) is 29.8 Å². The highest BCUT2D eigenvalue weighted by molar-refractivity contribution is 5.30. The molecule has 0 amide bonds. The summed E-state index contributed by atoms with van der Waals surface area (Å²) in [7, 11) is 2.06. The van der Waals surface area contributed by atoms with Gasteiger partial charge in [-0.25, -0.2) is 0 Å². The molecule has 0 heterocycles. The van der Waals surface area contributed by atoms with Gasteiger partial charge in [0.25, 0.3) is 0 Å². The molecule has 3 atom stereocenters. The van der Waals surface area contributed by atoms with Crippen molar-refractivity contribution in [3.8, 4) is 5.75 Å². The van der Waals surface area contributed by atoms with Crippen molar-refractivity contribution in [1.82, 2.24) is 5.32 Å². The molecule has 2 aliphatic carbocycles. The van der Waals surface area contributed by atoms with Crippen LogP contribution in [0, 0.1) is 11.8 Å². The van der Waals surface area contributed by atoms with Gasteiger partial charge in [0.2, 0.25) is 0 Å². The molecule has 3 rings (SSSR count). The summed E-state index contributed by atoms with van der Waals surface area (Å²) in [5.74, 6) is 2.71. The molecule has 1 N–H and O–H groups in total. The fourth-order valence-corrected chi connectivity index (χ4v) is 2.58. The van der Waals surface area contributed by atoms with Crippen LogP contribution in [0.15, 0.2) is 24.3 Å². The molecule has 0 bridgehead atoms. The first-order chi connectivity index (χ1) is 8.28. The van der Waals surface area contributed by atoms with E-state index in [1.165, 1.54) is 24.8 Å². The summed E-state index contributed by atoms with van der Waals surface area (Å²) in [6.07, 6.45) is 4.29. The number of hydrogen-bond acceptors (Lipinski definition) is 2. The van der Waals surface area contributed by atoms with Crippen LogP contribution in [0.5, 0.6) is 5.75 Å². The Morgan fingerprint density at radius 3 is 2.35 bits per heavy atom. The summed E-state index contributed by atoms with van der Waals surface area (Å²) in [6, 6.07) is 9.17. The van der Waals surface area contributed by atoms with E-state index in [2.05, 4.69) is 43.6 Å². The van der Waals surface area contributed by atoms with Gasteiger partial charge in [-0.2, -0.15) is 0 Å². The van der Waals surface area contributed by atoms with E-state index >= 15 is 0 Å². The number of nitrogens with one attached hydrogen (secondary N) is 1. The van der Waals surface area contributed by atoms with E-state index in [4.69, 9.17) is 4.74 Å². The molecule has 3 unspecified atom stereocenters. The standard InChI is InChI=1S/C15H21NO/c1-10-9-14(10)15(16-2)11-3-5-12(6-4-11)17-13-7-8-13/h3-6,10,13-16H,7-9H2,1-2H3. The van der Waals surface area contributed by atoms with Gasteiger partial charge in [-0.1, -0.05) is 19.1 Å². The van der Waals surface area contributed by atoms with Crippen molar-refractivity contribution in [2.75, 3.05) is 7.05 Å². The average molecular weight is 231 g/mol. The van der Waals surface area contributed by atoms with Gasteiger partial charge in [0.05, 0.1) is 6.10 Å². The van der Waals surface area contributed by atoms with Crippen molar-refractivity contribution in [2.45, 2.75) is 38.3 Å². The summed E-state index contributed by atoms with van der Waals surface area (Å²) in [6.45, 7) is 2.33. The molecule has 92 valence electrons. The number of benzene rings is 1. The molecule has 2 fully saturated rings. The molecular weight excluding hydrogens is 210 g/mol.